The van der Waals surface area contributed by atoms with Crippen LogP contribution in [0.15, 0.2) is 54.9 Å². The van der Waals surface area contributed by atoms with E-state index in [-0.39, 0.29) is 30.0 Å². The van der Waals surface area contributed by atoms with Gasteiger partial charge in [0.2, 0.25) is 11.8 Å². The highest BCUT2D eigenvalue weighted by molar-refractivity contribution is 6.35. The van der Waals surface area contributed by atoms with E-state index in [0.29, 0.717) is 77.3 Å². The summed E-state index contributed by atoms with van der Waals surface area (Å²) in [6, 6.07) is 12.6. The van der Waals surface area contributed by atoms with Crippen LogP contribution in [0.1, 0.15) is 40.0 Å². The van der Waals surface area contributed by atoms with Gasteiger partial charge in [0.25, 0.3) is 5.91 Å². The summed E-state index contributed by atoms with van der Waals surface area (Å²) in [6.45, 7) is 3.81. The number of aromatic nitrogens is 3. The lowest BCUT2D eigenvalue weighted by Crippen LogP contribution is -2.35. The SMILES string of the molecule is COc1nc(-c2ccnc(-c3cccc(NC(=O)c4ncc(CNCCO)cc4O)c3C)c2Cl)ccc1CNC[C@@H]1CCC(=O)N1. The van der Waals surface area contributed by atoms with Crippen LogP contribution in [0.3, 0.4) is 0 Å². The molecule has 1 saturated heterocycles. The van der Waals surface area contributed by atoms with Crippen molar-refractivity contribution in [3.8, 4) is 34.1 Å². The number of nitrogens with zero attached hydrogens (tertiary/aromatic N) is 3. The molecule has 0 bridgehead atoms. The molecular weight excluding hydrogens is 610 g/mol. The number of aromatic hydroxyl groups is 1. The number of aliphatic hydroxyl groups is 1. The van der Waals surface area contributed by atoms with Crippen molar-refractivity contribution in [2.75, 3.05) is 32.1 Å². The summed E-state index contributed by atoms with van der Waals surface area (Å²) in [5.41, 5.74) is 5.15. The minimum Gasteiger partial charge on any atom is -0.505 e. The lowest BCUT2D eigenvalue weighted by Gasteiger charge is -2.16. The summed E-state index contributed by atoms with van der Waals surface area (Å²) in [5, 5.41) is 31.9. The number of methoxy groups -OCH3 is 1. The molecule has 1 fully saturated rings. The molecule has 5 rings (SSSR count). The van der Waals surface area contributed by atoms with Gasteiger partial charge in [0.05, 0.1) is 30.1 Å². The Hall–Kier alpha value is -4.62. The molecule has 46 heavy (non-hydrogen) atoms. The monoisotopic (exact) mass is 645 g/mol. The number of carbonyl (C=O) groups is 2. The molecule has 4 aromatic rings. The van der Waals surface area contributed by atoms with Gasteiger partial charge in [-0.3, -0.25) is 14.6 Å². The van der Waals surface area contributed by atoms with Crippen molar-refractivity contribution in [3.63, 3.8) is 0 Å². The first-order valence-electron chi connectivity index (χ1n) is 14.9. The number of halogens is 1. The van der Waals surface area contributed by atoms with Crippen LogP contribution in [-0.2, 0) is 17.9 Å². The fourth-order valence-electron chi connectivity index (χ4n) is 5.26. The first-order valence-corrected chi connectivity index (χ1v) is 15.3. The number of amides is 2. The van der Waals surface area contributed by atoms with E-state index in [1.807, 2.05) is 25.1 Å². The molecule has 3 aromatic heterocycles. The first-order chi connectivity index (χ1) is 22.3. The number of aliphatic hydroxyl groups excluding tert-OH is 1. The third kappa shape index (κ3) is 7.60. The zero-order valence-electron chi connectivity index (χ0n) is 25.6. The maximum Gasteiger partial charge on any atom is 0.278 e. The van der Waals surface area contributed by atoms with Crippen LogP contribution in [-0.4, -0.2) is 69.8 Å². The number of ether oxygens (including phenoxy) is 1. The Balaban J connectivity index is 1.33. The average molecular weight is 646 g/mol. The molecule has 1 aromatic carbocycles. The van der Waals surface area contributed by atoms with E-state index < -0.39 is 5.91 Å². The smallest absolute Gasteiger partial charge is 0.278 e. The number of hydrogen-bond donors (Lipinski definition) is 6. The Morgan fingerprint density at radius 2 is 1.98 bits per heavy atom. The van der Waals surface area contributed by atoms with E-state index in [1.54, 1.807) is 31.5 Å². The molecule has 1 aliphatic rings. The van der Waals surface area contributed by atoms with Gasteiger partial charge in [-0.1, -0.05) is 29.8 Å². The average Bonchev–Trinajstić information content (AvgIpc) is 3.47. The van der Waals surface area contributed by atoms with Gasteiger partial charge in [0.15, 0.2) is 5.69 Å². The van der Waals surface area contributed by atoms with Crippen LogP contribution in [0.5, 0.6) is 11.6 Å². The largest absolute Gasteiger partial charge is 0.505 e. The quantitative estimate of drug-likeness (QED) is 0.118. The molecule has 12 nitrogen and oxygen atoms in total. The summed E-state index contributed by atoms with van der Waals surface area (Å²) >= 11 is 6.95. The van der Waals surface area contributed by atoms with Gasteiger partial charge in [-0.2, -0.15) is 0 Å². The van der Waals surface area contributed by atoms with Gasteiger partial charge < -0.3 is 36.2 Å². The standard InChI is InChI=1S/C33H36ClN7O5/c1-19-23(4-3-5-25(19)40-32(45)31-27(43)14-20(16-38-31)15-35-12-13-42)30-29(34)24(10-11-37-30)26-8-6-21(33(41-26)46-2)17-36-18-22-7-9-28(44)39-22/h3-6,8,10-11,14,16,22,35-36,42-43H,7,9,12-13,15,17-18H2,1-2H3,(H,39,44)(H,40,45)/t22-/m0/s1. The van der Waals surface area contributed by atoms with E-state index >= 15 is 0 Å². The van der Waals surface area contributed by atoms with Crippen LogP contribution < -0.4 is 26.0 Å². The number of hydrogen-bond acceptors (Lipinski definition) is 10. The van der Waals surface area contributed by atoms with Gasteiger partial charge in [0.1, 0.15) is 5.75 Å². The van der Waals surface area contributed by atoms with Crippen LogP contribution in [0.25, 0.3) is 22.5 Å². The minimum absolute atomic E-state index is 0.00911. The highest BCUT2D eigenvalue weighted by Gasteiger charge is 2.21. The van der Waals surface area contributed by atoms with Gasteiger partial charge in [-0.25, -0.2) is 9.97 Å². The van der Waals surface area contributed by atoms with Crippen molar-refractivity contribution in [1.29, 1.82) is 0 Å². The summed E-state index contributed by atoms with van der Waals surface area (Å²) in [6.07, 6.45) is 4.53. The third-order valence-electron chi connectivity index (χ3n) is 7.68. The van der Waals surface area contributed by atoms with Crippen LogP contribution in [0.4, 0.5) is 5.69 Å². The second kappa shape index (κ2) is 15.1. The number of rotatable bonds is 13. The Bertz CT molecular complexity index is 1740. The van der Waals surface area contributed by atoms with Crippen molar-refractivity contribution >= 4 is 29.1 Å². The predicted octanol–water partition coefficient (Wildman–Crippen LogP) is 3.58. The Morgan fingerprint density at radius 1 is 1.13 bits per heavy atom. The van der Waals surface area contributed by atoms with Gasteiger partial charge >= 0.3 is 0 Å². The maximum atomic E-state index is 13.1. The van der Waals surface area contributed by atoms with Crippen molar-refractivity contribution in [2.45, 2.75) is 38.9 Å². The molecular formula is C33H36ClN7O5. The number of carbonyl (C=O) groups excluding carboxylic acids is 2. The number of nitrogens with one attached hydrogen (secondary N) is 4. The highest BCUT2D eigenvalue weighted by Crippen LogP contribution is 2.38. The molecule has 0 spiro atoms. The Kier molecular flexibility index (Phi) is 10.8. The summed E-state index contributed by atoms with van der Waals surface area (Å²) in [5.74, 6) is -0.278. The van der Waals surface area contributed by atoms with E-state index in [9.17, 15) is 14.7 Å². The summed E-state index contributed by atoms with van der Waals surface area (Å²) < 4.78 is 5.59. The molecule has 6 N–H and O–H groups in total. The summed E-state index contributed by atoms with van der Waals surface area (Å²) in [7, 11) is 1.57. The molecule has 0 radical (unpaired) electrons. The normalized spacial score (nSPS) is 14.3. The number of benzene rings is 1. The Labute approximate surface area is 271 Å². The van der Waals surface area contributed by atoms with E-state index in [0.717, 1.165) is 17.5 Å². The van der Waals surface area contributed by atoms with Crippen molar-refractivity contribution in [3.05, 3.63) is 82.3 Å². The minimum atomic E-state index is -0.570. The van der Waals surface area contributed by atoms with E-state index in [2.05, 4.69) is 31.2 Å². The molecule has 2 amide bonds. The van der Waals surface area contributed by atoms with Gasteiger partial charge in [-0.05, 0) is 48.7 Å². The van der Waals surface area contributed by atoms with Gasteiger partial charge in [0, 0.05) is 73.4 Å². The topological polar surface area (TPSA) is 171 Å². The zero-order valence-corrected chi connectivity index (χ0v) is 26.3. The predicted molar refractivity (Wildman–Crippen MR) is 175 cm³/mol. The molecule has 0 saturated carbocycles. The molecule has 0 aliphatic carbocycles. The maximum absolute atomic E-state index is 13.1. The molecule has 0 unspecified atom stereocenters. The highest BCUT2D eigenvalue weighted by atomic mass is 35.5. The second-order valence-electron chi connectivity index (χ2n) is 10.9. The van der Waals surface area contributed by atoms with Crippen molar-refractivity contribution < 1.29 is 24.5 Å². The first kappa shape index (κ1) is 32.8. The second-order valence-corrected chi connectivity index (χ2v) is 11.2. The van der Waals surface area contributed by atoms with Crippen LogP contribution in [0.2, 0.25) is 5.02 Å². The third-order valence-corrected chi connectivity index (χ3v) is 8.07. The lowest BCUT2D eigenvalue weighted by atomic mass is 10.0. The molecule has 1 atom stereocenters. The van der Waals surface area contributed by atoms with Crippen LogP contribution in [0, 0.1) is 6.92 Å². The van der Waals surface area contributed by atoms with Crippen molar-refractivity contribution in [2.24, 2.45) is 0 Å². The number of pyridine rings is 3. The molecule has 240 valence electrons. The number of anilines is 1. The zero-order chi connectivity index (χ0) is 32.6. The Morgan fingerprint density at radius 3 is 2.72 bits per heavy atom. The van der Waals surface area contributed by atoms with E-state index in [1.165, 1.54) is 12.3 Å². The fourth-order valence-corrected chi connectivity index (χ4v) is 5.57. The van der Waals surface area contributed by atoms with Crippen LogP contribution >= 0.6 is 11.6 Å². The molecule has 1 aliphatic heterocycles. The molecule has 13 heteroatoms. The molecule has 4 heterocycles. The fraction of sp³-hybridized carbons (Fsp3) is 0.303. The van der Waals surface area contributed by atoms with Crippen molar-refractivity contribution in [1.82, 2.24) is 30.9 Å². The van der Waals surface area contributed by atoms with E-state index in [4.69, 9.17) is 26.4 Å². The summed E-state index contributed by atoms with van der Waals surface area (Å²) in [4.78, 5) is 38.0. The lowest BCUT2D eigenvalue weighted by molar-refractivity contribution is -0.119. The van der Waals surface area contributed by atoms with Gasteiger partial charge in [-0.15, -0.1) is 0 Å².